The molecule has 0 saturated carbocycles. The van der Waals surface area contributed by atoms with Gasteiger partial charge in [-0.2, -0.15) is 0 Å². The average molecular weight is 345 g/mol. The fraction of sp³-hybridized carbons (Fsp3) is 0.444. The highest BCUT2D eigenvalue weighted by Crippen LogP contribution is 2.31. The predicted molar refractivity (Wildman–Crippen MR) is 95.6 cm³/mol. The van der Waals surface area contributed by atoms with Crippen LogP contribution >= 0.6 is 11.3 Å². The number of carbonyl (C=O) groups excluding carboxylic acids is 1. The van der Waals surface area contributed by atoms with E-state index in [-0.39, 0.29) is 11.9 Å². The number of thiazole rings is 1. The van der Waals surface area contributed by atoms with Gasteiger partial charge in [0.2, 0.25) is 5.91 Å². The molecular formula is C18H23N3O2S. The minimum atomic E-state index is -0.00303. The Bertz CT molecular complexity index is 729. The average Bonchev–Trinajstić information content (AvgIpc) is 2.92. The lowest BCUT2D eigenvalue weighted by atomic mass is 10.0. The van der Waals surface area contributed by atoms with Gasteiger partial charge in [0, 0.05) is 30.1 Å². The van der Waals surface area contributed by atoms with E-state index >= 15 is 0 Å². The van der Waals surface area contributed by atoms with Crippen molar-refractivity contribution in [2.24, 2.45) is 0 Å². The van der Waals surface area contributed by atoms with Gasteiger partial charge >= 0.3 is 0 Å². The first-order valence-electron chi connectivity index (χ1n) is 8.16. The molecule has 1 saturated heterocycles. The maximum Gasteiger partial charge on any atom is 0.228 e. The molecule has 0 unspecified atom stereocenters. The lowest BCUT2D eigenvalue weighted by Crippen LogP contribution is -2.49. The van der Waals surface area contributed by atoms with Crippen molar-refractivity contribution in [1.82, 2.24) is 15.2 Å². The maximum absolute atomic E-state index is 12.9. The Morgan fingerprint density at radius 2 is 2.21 bits per heavy atom. The number of aryl methyl sites for hydroxylation is 2. The van der Waals surface area contributed by atoms with Crippen LogP contribution in [0.3, 0.4) is 0 Å². The van der Waals surface area contributed by atoms with Crippen molar-refractivity contribution in [3.05, 3.63) is 45.4 Å². The molecule has 1 aliphatic rings. The Balaban J connectivity index is 1.84. The molecule has 3 rings (SSSR count). The zero-order valence-electron chi connectivity index (χ0n) is 14.3. The summed E-state index contributed by atoms with van der Waals surface area (Å²) in [6, 6.07) is 7.93. The van der Waals surface area contributed by atoms with Gasteiger partial charge in [-0.3, -0.25) is 4.79 Å². The van der Waals surface area contributed by atoms with E-state index in [2.05, 4.69) is 10.3 Å². The monoisotopic (exact) mass is 345 g/mol. The van der Waals surface area contributed by atoms with E-state index in [0.29, 0.717) is 13.0 Å². The molecule has 1 amide bonds. The number of ether oxygens (including phenoxy) is 1. The van der Waals surface area contributed by atoms with E-state index in [1.807, 2.05) is 43.0 Å². The number of aromatic nitrogens is 1. The summed E-state index contributed by atoms with van der Waals surface area (Å²) in [4.78, 5) is 20.4. The van der Waals surface area contributed by atoms with Crippen molar-refractivity contribution >= 4 is 17.2 Å². The molecule has 1 aliphatic heterocycles. The molecule has 2 aromatic rings. The fourth-order valence-electron chi connectivity index (χ4n) is 3.20. The van der Waals surface area contributed by atoms with Crippen LogP contribution in [-0.2, 0) is 11.2 Å². The predicted octanol–water partition coefficient (Wildman–Crippen LogP) is 2.48. The first kappa shape index (κ1) is 16.9. The van der Waals surface area contributed by atoms with E-state index in [9.17, 15) is 4.79 Å². The van der Waals surface area contributed by atoms with Crippen molar-refractivity contribution in [1.29, 1.82) is 0 Å². The number of para-hydroxylation sites is 1. The quantitative estimate of drug-likeness (QED) is 0.925. The van der Waals surface area contributed by atoms with Crippen LogP contribution in [0.25, 0.3) is 0 Å². The highest BCUT2D eigenvalue weighted by atomic mass is 32.1. The number of methoxy groups -OCH3 is 1. The van der Waals surface area contributed by atoms with Gasteiger partial charge < -0.3 is 15.0 Å². The van der Waals surface area contributed by atoms with Crippen molar-refractivity contribution in [3.63, 3.8) is 0 Å². The van der Waals surface area contributed by atoms with Gasteiger partial charge in [-0.25, -0.2) is 4.98 Å². The van der Waals surface area contributed by atoms with Crippen molar-refractivity contribution in [2.75, 3.05) is 26.7 Å². The third-order valence-electron chi connectivity index (χ3n) is 4.37. The van der Waals surface area contributed by atoms with Crippen LogP contribution in [0.1, 0.15) is 27.2 Å². The van der Waals surface area contributed by atoms with Crippen molar-refractivity contribution in [2.45, 2.75) is 26.3 Å². The number of nitrogens with zero attached hydrogens (tertiary/aromatic N) is 2. The normalized spacial score (nSPS) is 17.8. The second kappa shape index (κ2) is 7.32. The first-order valence-corrected chi connectivity index (χ1v) is 8.97. The number of hydrogen-bond acceptors (Lipinski definition) is 5. The third-order valence-corrected chi connectivity index (χ3v) is 5.45. The Morgan fingerprint density at radius 3 is 2.92 bits per heavy atom. The van der Waals surface area contributed by atoms with E-state index in [1.165, 1.54) is 0 Å². The zero-order valence-corrected chi connectivity index (χ0v) is 15.2. The summed E-state index contributed by atoms with van der Waals surface area (Å²) >= 11 is 1.61. The molecule has 6 heteroatoms. The molecule has 0 aliphatic carbocycles. The molecule has 0 spiro atoms. The highest BCUT2D eigenvalue weighted by Gasteiger charge is 2.30. The van der Waals surface area contributed by atoms with Gasteiger partial charge in [0.05, 0.1) is 30.3 Å². The molecule has 2 heterocycles. The summed E-state index contributed by atoms with van der Waals surface area (Å²) in [5.41, 5.74) is 2.02. The van der Waals surface area contributed by atoms with Crippen molar-refractivity contribution in [3.8, 4) is 5.75 Å². The summed E-state index contributed by atoms with van der Waals surface area (Å²) in [7, 11) is 1.67. The van der Waals surface area contributed by atoms with Gasteiger partial charge in [-0.15, -0.1) is 11.3 Å². The van der Waals surface area contributed by atoms with E-state index < -0.39 is 0 Å². The largest absolute Gasteiger partial charge is 0.496 e. The van der Waals surface area contributed by atoms with Gasteiger partial charge in [0.15, 0.2) is 0 Å². The summed E-state index contributed by atoms with van der Waals surface area (Å²) in [6.07, 6.45) is 0.420. The molecule has 5 nitrogen and oxygen atoms in total. The fourth-order valence-corrected chi connectivity index (χ4v) is 4.13. The number of carbonyl (C=O) groups is 1. The lowest BCUT2D eigenvalue weighted by molar-refractivity contribution is -0.133. The molecule has 1 aromatic heterocycles. The molecular weight excluding hydrogens is 322 g/mol. The maximum atomic E-state index is 12.9. The number of benzene rings is 1. The second-order valence-corrected chi connectivity index (χ2v) is 7.25. The SMILES string of the molecule is COc1ccccc1[C@@H]1CNCCN1C(=O)Cc1sc(C)nc1C. The standard InChI is InChI=1S/C18H23N3O2S/c1-12-17(24-13(2)20-12)10-18(22)21-9-8-19-11-15(21)14-6-4-5-7-16(14)23-3/h4-7,15,19H,8-11H2,1-3H3/t15-/m0/s1. The van der Waals surface area contributed by atoms with Crippen LogP contribution in [0.5, 0.6) is 5.75 Å². The highest BCUT2D eigenvalue weighted by molar-refractivity contribution is 7.11. The Labute approximate surface area is 146 Å². The molecule has 1 N–H and O–H groups in total. The summed E-state index contributed by atoms with van der Waals surface area (Å²) < 4.78 is 5.49. The summed E-state index contributed by atoms with van der Waals surface area (Å²) in [5.74, 6) is 0.980. The number of piperazine rings is 1. The van der Waals surface area contributed by atoms with Gasteiger partial charge in [0.1, 0.15) is 5.75 Å². The third kappa shape index (κ3) is 3.44. The van der Waals surface area contributed by atoms with E-state index in [0.717, 1.165) is 40.0 Å². The zero-order chi connectivity index (χ0) is 17.1. The molecule has 1 aromatic carbocycles. The first-order chi connectivity index (χ1) is 11.6. The van der Waals surface area contributed by atoms with E-state index in [4.69, 9.17) is 4.74 Å². The van der Waals surface area contributed by atoms with Gasteiger partial charge in [-0.1, -0.05) is 18.2 Å². The number of nitrogens with one attached hydrogen (secondary N) is 1. The number of hydrogen-bond donors (Lipinski definition) is 1. The van der Waals surface area contributed by atoms with Crippen LogP contribution in [0, 0.1) is 13.8 Å². The van der Waals surface area contributed by atoms with Gasteiger partial charge in [-0.05, 0) is 19.9 Å². The molecule has 1 atom stereocenters. The van der Waals surface area contributed by atoms with Crippen LogP contribution in [-0.4, -0.2) is 42.5 Å². The molecule has 1 fully saturated rings. The molecule has 0 radical (unpaired) electrons. The minimum Gasteiger partial charge on any atom is -0.496 e. The van der Waals surface area contributed by atoms with Crippen LogP contribution in [0.2, 0.25) is 0 Å². The number of amides is 1. The van der Waals surface area contributed by atoms with Crippen LogP contribution in [0.4, 0.5) is 0 Å². The molecule has 0 bridgehead atoms. The topological polar surface area (TPSA) is 54.5 Å². The minimum absolute atomic E-state index is 0.00303. The summed E-state index contributed by atoms with van der Waals surface area (Å²) in [5, 5.41) is 4.40. The Hall–Kier alpha value is -1.92. The van der Waals surface area contributed by atoms with Gasteiger partial charge in [0.25, 0.3) is 0 Å². The lowest BCUT2D eigenvalue weighted by Gasteiger charge is -2.37. The van der Waals surface area contributed by atoms with Crippen LogP contribution < -0.4 is 10.1 Å². The van der Waals surface area contributed by atoms with Crippen molar-refractivity contribution < 1.29 is 9.53 Å². The Kier molecular flexibility index (Phi) is 5.16. The number of rotatable bonds is 4. The summed E-state index contributed by atoms with van der Waals surface area (Å²) in [6.45, 7) is 6.22. The molecule has 128 valence electrons. The van der Waals surface area contributed by atoms with E-state index in [1.54, 1.807) is 18.4 Å². The smallest absolute Gasteiger partial charge is 0.228 e. The molecule has 24 heavy (non-hydrogen) atoms. The van der Waals surface area contributed by atoms with Crippen LogP contribution in [0.15, 0.2) is 24.3 Å². The Morgan fingerprint density at radius 1 is 1.42 bits per heavy atom. The second-order valence-electron chi connectivity index (χ2n) is 5.97.